The minimum atomic E-state index is -0.699. The standard InChI is InChI=1S/C22H29N7O3S/c1-6-15(26(2)3)19-24-25-21(29(19)12-14-10-8-7-9-11-14)33-13-16(30)17-18(23)27(4)22(32)28(5)20(17)31/h7-11,15H,6,12-13,23H2,1-5H3/p+1/t15-/m1/s1. The summed E-state index contributed by atoms with van der Waals surface area (Å²) in [5, 5.41) is 9.40. The van der Waals surface area contributed by atoms with E-state index in [2.05, 4.69) is 31.2 Å². The summed E-state index contributed by atoms with van der Waals surface area (Å²) in [5.74, 6) is 0.182. The van der Waals surface area contributed by atoms with Crippen molar-refractivity contribution >= 4 is 23.4 Å². The molecular weight excluding hydrogens is 442 g/mol. The SMILES string of the molecule is CC[C@H](c1nnc(SCC(=O)c2c(N)n(C)c(=O)n(C)c2=O)n1Cc1ccccc1)[NH+](C)C. The zero-order valence-corrected chi connectivity index (χ0v) is 20.3. The Morgan fingerprint density at radius 1 is 1.12 bits per heavy atom. The molecule has 0 unspecified atom stereocenters. The van der Waals surface area contributed by atoms with Crippen molar-refractivity contribution in [3.8, 4) is 0 Å². The van der Waals surface area contributed by atoms with Crippen molar-refractivity contribution in [2.24, 2.45) is 14.1 Å². The van der Waals surface area contributed by atoms with Gasteiger partial charge in [-0.05, 0) is 5.56 Å². The number of quaternary nitrogens is 1. The molecule has 0 aliphatic rings. The molecule has 33 heavy (non-hydrogen) atoms. The fraction of sp³-hybridized carbons (Fsp3) is 0.409. The summed E-state index contributed by atoms with van der Waals surface area (Å²) in [6.07, 6.45) is 0.878. The average molecular weight is 473 g/mol. The maximum atomic E-state index is 13.0. The van der Waals surface area contributed by atoms with E-state index in [1.807, 2.05) is 34.9 Å². The van der Waals surface area contributed by atoms with Crippen LogP contribution in [0.3, 0.4) is 0 Å². The summed E-state index contributed by atoms with van der Waals surface area (Å²) < 4.78 is 4.01. The monoisotopic (exact) mass is 472 g/mol. The van der Waals surface area contributed by atoms with Gasteiger partial charge in [-0.15, -0.1) is 10.2 Å². The lowest BCUT2D eigenvalue weighted by molar-refractivity contribution is -0.893. The third-order valence-corrected chi connectivity index (χ3v) is 6.63. The van der Waals surface area contributed by atoms with E-state index in [-0.39, 0.29) is 23.2 Å². The Balaban J connectivity index is 1.94. The Labute approximate surface area is 196 Å². The fourth-order valence-corrected chi connectivity index (χ4v) is 4.57. The smallest absolute Gasteiger partial charge is 0.332 e. The van der Waals surface area contributed by atoms with Crippen LogP contribution < -0.4 is 21.9 Å². The highest BCUT2D eigenvalue weighted by atomic mass is 32.2. The molecule has 0 aliphatic carbocycles. The molecule has 0 spiro atoms. The second kappa shape index (κ2) is 10.2. The third-order valence-electron chi connectivity index (χ3n) is 5.67. The van der Waals surface area contributed by atoms with Gasteiger partial charge >= 0.3 is 5.69 Å². The quantitative estimate of drug-likeness (QED) is 0.329. The number of thioether (sulfide) groups is 1. The van der Waals surface area contributed by atoms with Gasteiger partial charge in [0.05, 0.1) is 26.4 Å². The van der Waals surface area contributed by atoms with Crippen LogP contribution in [0.25, 0.3) is 0 Å². The van der Waals surface area contributed by atoms with Gasteiger partial charge in [0.1, 0.15) is 17.4 Å². The molecule has 176 valence electrons. The van der Waals surface area contributed by atoms with Crippen LogP contribution in [0.15, 0.2) is 45.1 Å². The van der Waals surface area contributed by atoms with Crippen molar-refractivity contribution in [2.45, 2.75) is 31.1 Å². The molecule has 0 fully saturated rings. The van der Waals surface area contributed by atoms with Crippen LogP contribution in [0.5, 0.6) is 0 Å². The third kappa shape index (κ3) is 4.93. The molecule has 0 bridgehead atoms. The molecule has 3 aromatic rings. The van der Waals surface area contributed by atoms with E-state index in [1.165, 1.54) is 30.8 Å². The van der Waals surface area contributed by atoms with Crippen LogP contribution in [-0.4, -0.2) is 49.5 Å². The highest BCUT2D eigenvalue weighted by Gasteiger charge is 2.26. The van der Waals surface area contributed by atoms with Gasteiger partial charge in [-0.2, -0.15) is 0 Å². The van der Waals surface area contributed by atoms with Gasteiger partial charge in [-0.3, -0.25) is 23.3 Å². The first-order valence-corrected chi connectivity index (χ1v) is 11.6. The lowest BCUT2D eigenvalue weighted by Crippen LogP contribution is -3.06. The number of nitrogens with zero attached hydrogens (tertiary/aromatic N) is 5. The first kappa shape index (κ1) is 24.5. The number of benzene rings is 1. The predicted octanol–water partition coefficient (Wildman–Crippen LogP) is -0.123. The van der Waals surface area contributed by atoms with Gasteiger partial charge in [0.25, 0.3) is 5.56 Å². The molecule has 2 heterocycles. The lowest BCUT2D eigenvalue weighted by Gasteiger charge is -2.20. The van der Waals surface area contributed by atoms with E-state index < -0.39 is 17.0 Å². The minimum absolute atomic E-state index is 0.0593. The number of hydrogen-bond donors (Lipinski definition) is 2. The molecule has 10 nitrogen and oxygen atoms in total. The Morgan fingerprint density at radius 2 is 1.79 bits per heavy atom. The normalized spacial score (nSPS) is 12.3. The van der Waals surface area contributed by atoms with Crippen LogP contribution in [-0.2, 0) is 20.6 Å². The first-order valence-electron chi connectivity index (χ1n) is 10.7. The summed E-state index contributed by atoms with van der Waals surface area (Å²) in [6, 6.07) is 10.1. The summed E-state index contributed by atoms with van der Waals surface area (Å²) in [5.41, 5.74) is 5.56. The molecule has 0 aliphatic heterocycles. The van der Waals surface area contributed by atoms with Gasteiger partial charge in [0.15, 0.2) is 16.8 Å². The second-order valence-corrected chi connectivity index (χ2v) is 9.07. The molecule has 0 amide bonds. The number of nitrogen functional groups attached to an aromatic ring is 1. The number of anilines is 1. The number of rotatable bonds is 9. The molecule has 0 saturated carbocycles. The summed E-state index contributed by atoms with van der Waals surface area (Å²) in [4.78, 5) is 38.8. The van der Waals surface area contributed by atoms with Gasteiger partial charge in [0, 0.05) is 20.5 Å². The minimum Gasteiger partial charge on any atom is -0.384 e. The summed E-state index contributed by atoms with van der Waals surface area (Å²) in [6.45, 7) is 2.67. The number of nitrogens with two attached hydrogens (primary N) is 1. The van der Waals surface area contributed by atoms with E-state index in [1.54, 1.807) is 0 Å². The molecule has 2 aromatic heterocycles. The Kier molecular flexibility index (Phi) is 7.54. The molecule has 3 N–H and O–H groups in total. The number of carbonyl (C=O) groups is 1. The van der Waals surface area contributed by atoms with Crippen LogP contribution in [0.2, 0.25) is 0 Å². The van der Waals surface area contributed by atoms with E-state index in [9.17, 15) is 14.4 Å². The molecule has 11 heteroatoms. The van der Waals surface area contributed by atoms with Crippen LogP contribution in [0, 0.1) is 0 Å². The number of Topliss-reactive ketones (excluding diaryl/α,β-unsaturated/α-hetero) is 1. The van der Waals surface area contributed by atoms with Crippen LogP contribution in [0.4, 0.5) is 5.82 Å². The first-order chi connectivity index (χ1) is 15.7. The van der Waals surface area contributed by atoms with E-state index >= 15 is 0 Å². The highest BCUT2D eigenvalue weighted by molar-refractivity contribution is 7.99. The van der Waals surface area contributed by atoms with E-state index in [0.29, 0.717) is 11.7 Å². The number of ketones is 1. The molecule has 1 atom stereocenters. The highest BCUT2D eigenvalue weighted by Crippen LogP contribution is 2.23. The largest absolute Gasteiger partial charge is 0.384 e. The zero-order valence-electron chi connectivity index (χ0n) is 19.5. The predicted molar refractivity (Wildman–Crippen MR) is 128 cm³/mol. The molecule has 1 aromatic carbocycles. The Hall–Kier alpha value is -3.18. The Bertz CT molecular complexity index is 1260. The molecule has 3 rings (SSSR count). The maximum absolute atomic E-state index is 13.0. The van der Waals surface area contributed by atoms with E-state index in [4.69, 9.17) is 5.73 Å². The molecular formula is C22H30N7O3S+. The maximum Gasteiger partial charge on any atom is 0.332 e. The van der Waals surface area contributed by atoms with Crippen LogP contribution >= 0.6 is 11.8 Å². The topological polar surface area (TPSA) is 122 Å². The van der Waals surface area contributed by atoms with Crippen molar-refractivity contribution in [2.75, 3.05) is 25.6 Å². The summed E-state index contributed by atoms with van der Waals surface area (Å²) >= 11 is 1.20. The molecule has 0 saturated heterocycles. The van der Waals surface area contributed by atoms with Crippen molar-refractivity contribution in [1.29, 1.82) is 0 Å². The number of hydrogen-bond acceptors (Lipinski definition) is 7. The van der Waals surface area contributed by atoms with Crippen molar-refractivity contribution < 1.29 is 9.69 Å². The summed E-state index contributed by atoms with van der Waals surface area (Å²) in [7, 11) is 6.90. The Morgan fingerprint density at radius 3 is 2.39 bits per heavy atom. The number of aromatic nitrogens is 5. The van der Waals surface area contributed by atoms with Crippen molar-refractivity contribution in [3.63, 3.8) is 0 Å². The van der Waals surface area contributed by atoms with Gasteiger partial charge in [-0.25, -0.2) is 4.79 Å². The number of carbonyl (C=O) groups excluding carboxylic acids is 1. The second-order valence-electron chi connectivity index (χ2n) is 8.13. The van der Waals surface area contributed by atoms with Gasteiger partial charge in [-0.1, -0.05) is 49.0 Å². The number of nitrogens with one attached hydrogen (secondary N) is 1. The zero-order chi connectivity index (χ0) is 24.3. The van der Waals surface area contributed by atoms with E-state index in [0.717, 1.165) is 26.9 Å². The fourth-order valence-electron chi connectivity index (χ4n) is 3.75. The average Bonchev–Trinajstić information content (AvgIpc) is 3.18. The van der Waals surface area contributed by atoms with Crippen LogP contribution in [0.1, 0.15) is 41.1 Å². The van der Waals surface area contributed by atoms with Gasteiger partial charge < -0.3 is 10.6 Å². The van der Waals surface area contributed by atoms with Crippen molar-refractivity contribution in [3.05, 3.63) is 68.1 Å². The lowest BCUT2D eigenvalue weighted by atomic mass is 10.2. The van der Waals surface area contributed by atoms with Gasteiger partial charge in [0.2, 0.25) is 0 Å². The molecule has 0 radical (unpaired) electrons. The van der Waals surface area contributed by atoms with Crippen molar-refractivity contribution in [1.82, 2.24) is 23.9 Å².